The van der Waals surface area contributed by atoms with Gasteiger partial charge in [0.25, 0.3) is 0 Å². The van der Waals surface area contributed by atoms with E-state index in [-0.39, 0.29) is 0 Å². The topological polar surface area (TPSA) is 78.1 Å². The van der Waals surface area contributed by atoms with Gasteiger partial charge in [-0.25, -0.2) is 0 Å². The number of hydrogen-bond acceptors (Lipinski definition) is 3. The van der Waals surface area contributed by atoms with Gasteiger partial charge in [0.1, 0.15) is 0 Å². The summed E-state index contributed by atoms with van der Waals surface area (Å²) in [5, 5.41) is 0. The molecule has 0 aliphatic rings. The molecule has 0 aliphatic heterocycles. The Morgan fingerprint density at radius 1 is 0.591 bits per heavy atom. The van der Waals surface area contributed by atoms with Crippen LogP contribution in [-0.4, -0.2) is 0 Å². The number of nitrogen functional groups attached to an aromatic ring is 2. The van der Waals surface area contributed by atoms with Crippen LogP contribution in [0.5, 0.6) is 0 Å². The van der Waals surface area contributed by atoms with Crippen molar-refractivity contribution < 1.29 is 0 Å². The first-order valence-corrected chi connectivity index (χ1v) is 7.18. The Bertz CT molecular complexity index is 728. The van der Waals surface area contributed by atoms with Gasteiger partial charge in [0, 0.05) is 5.56 Å². The minimum Gasteiger partial charge on any atom is -0.397 e. The van der Waals surface area contributed by atoms with Crippen molar-refractivity contribution in [2.45, 2.75) is 5.54 Å². The van der Waals surface area contributed by atoms with Gasteiger partial charge in [-0.2, -0.15) is 0 Å². The van der Waals surface area contributed by atoms with Gasteiger partial charge in [-0.1, -0.05) is 72.8 Å². The maximum Gasteiger partial charge on any atom is 0.0943 e. The zero-order valence-electron chi connectivity index (χ0n) is 12.2. The molecule has 3 aromatic carbocycles. The van der Waals surface area contributed by atoms with E-state index in [1.54, 1.807) is 6.07 Å². The highest BCUT2D eigenvalue weighted by Crippen LogP contribution is 2.38. The zero-order chi connectivity index (χ0) is 15.6. The Labute approximate surface area is 130 Å². The predicted molar refractivity (Wildman–Crippen MR) is 92.2 cm³/mol. The first-order chi connectivity index (χ1) is 10.6. The van der Waals surface area contributed by atoms with Gasteiger partial charge < -0.3 is 17.2 Å². The number of rotatable bonds is 3. The molecule has 0 aromatic heterocycles. The largest absolute Gasteiger partial charge is 0.397 e. The van der Waals surface area contributed by atoms with Gasteiger partial charge in [0.05, 0.1) is 16.9 Å². The van der Waals surface area contributed by atoms with E-state index in [2.05, 4.69) is 0 Å². The van der Waals surface area contributed by atoms with Crippen molar-refractivity contribution in [3.8, 4) is 0 Å². The SMILES string of the molecule is Nc1cccc(C(N)(c2ccccc2)c2ccccc2)c1N. The van der Waals surface area contributed by atoms with E-state index in [1.807, 2.05) is 72.8 Å². The van der Waals surface area contributed by atoms with Crippen LogP contribution < -0.4 is 17.2 Å². The lowest BCUT2D eigenvalue weighted by Crippen LogP contribution is -2.40. The molecule has 110 valence electrons. The second-order valence-electron chi connectivity index (χ2n) is 5.35. The van der Waals surface area contributed by atoms with E-state index in [9.17, 15) is 0 Å². The average molecular weight is 289 g/mol. The molecule has 3 heteroatoms. The van der Waals surface area contributed by atoms with Crippen LogP contribution in [0.25, 0.3) is 0 Å². The number of nitrogens with two attached hydrogens (primary N) is 3. The average Bonchev–Trinajstić information content (AvgIpc) is 2.58. The molecule has 0 bridgehead atoms. The summed E-state index contributed by atoms with van der Waals surface area (Å²) in [5.74, 6) is 0. The molecule has 6 N–H and O–H groups in total. The van der Waals surface area contributed by atoms with Crippen LogP contribution in [0, 0.1) is 0 Å². The maximum atomic E-state index is 6.90. The summed E-state index contributed by atoms with van der Waals surface area (Å²) >= 11 is 0. The van der Waals surface area contributed by atoms with Crippen molar-refractivity contribution in [3.05, 3.63) is 95.6 Å². The molecule has 0 fully saturated rings. The minimum atomic E-state index is -0.845. The smallest absolute Gasteiger partial charge is 0.0943 e. The molecule has 0 saturated carbocycles. The Hall–Kier alpha value is -2.78. The molecule has 0 spiro atoms. The fraction of sp³-hybridized carbons (Fsp3) is 0.0526. The molecule has 0 atom stereocenters. The van der Waals surface area contributed by atoms with Gasteiger partial charge in [0.2, 0.25) is 0 Å². The van der Waals surface area contributed by atoms with Gasteiger partial charge in [0.15, 0.2) is 0 Å². The summed E-state index contributed by atoms with van der Waals surface area (Å²) in [6.07, 6.45) is 0. The Morgan fingerprint density at radius 2 is 1.09 bits per heavy atom. The van der Waals surface area contributed by atoms with Crippen molar-refractivity contribution in [1.82, 2.24) is 0 Å². The van der Waals surface area contributed by atoms with E-state index in [0.717, 1.165) is 16.7 Å². The van der Waals surface area contributed by atoms with E-state index < -0.39 is 5.54 Å². The molecule has 0 aliphatic carbocycles. The summed E-state index contributed by atoms with van der Waals surface area (Å²) in [5.41, 5.74) is 22.1. The predicted octanol–water partition coefficient (Wildman–Crippen LogP) is 3.10. The van der Waals surface area contributed by atoms with Crippen LogP contribution in [0.1, 0.15) is 16.7 Å². The van der Waals surface area contributed by atoms with Crippen LogP contribution >= 0.6 is 0 Å². The normalized spacial score (nSPS) is 11.3. The molecule has 0 heterocycles. The molecular weight excluding hydrogens is 270 g/mol. The maximum absolute atomic E-state index is 6.90. The fourth-order valence-electron chi connectivity index (χ4n) is 2.81. The summed E-state index contributed by atoms with van der Waals surface area (Å²) in [7, 11) is 0. The van der Waals surface area contributed by atoms with Crippen molar-refractivity contribution in [2.24, 2.45) is 5.73 Å². The first-order valence-electron chi connectivity index (χ1n) is 7.18. The van der Waals surface area contributed by atoms with E-state index in [1.165, 1.54) is 0 Å². The molecule has 3 aromatic rings. The lowest BCUT2D eigenvalue weighted by molar-refractivity contribution is 0.655. The molecule has 0 amide bonds. The second kappa shape index (κ2) is 5.54. The van der Waals surface area contributed by atoms with Crippen molar-refractivity contribution in [3.63, 3.8) is 0 Å². The molecule has 3 rings (SSSR count). The fourth-order valence-corrected chi connectivity index (χ4v) is 2.81. The van der Waals surface area contributed by atoms with Crippen molar-refractivity contribution >= 4 is 11.4 Å². The van der Waals surface area contributed by atoms with Gasteiger partial charge >= 0.3 is 0 Å². The third-order valence-corrected chi connectivity index (χ3v) is 4.02. The van der Waals surface area contributed by atoms with Gasteiger partial charge in [-0.15, -0.1) is 0 Å². The first kappa shape index (κ1) is 14.2. The molecule has 3 nitrogen and oxygen atoms in total. The van der Waals surface area contributed by atoms with Crippen molar-refractivity contribution in [2.75, 3.05) is 11.5 Å². The van der Waals surface area contributed by atoms with E-state index in [4.69, 9.17) is 17.2 Å². The third-order valence-electron chi connectivity index (χ3n) is 4.02. The second-order valence-corrected chi connectivity index (χ2v) is 5.35. The Kier molecular flexibility index (Phi) is 3.57. The summed E-state index contributed by atoms with van der Waals surface area (Å²) in [4.78, 5) is 0. The summed E-state index contributed by atoms with van der Waals surface area (Å²) in [6.45, 7) is 0. The Morgan fingerprint density at radius 3 is 1.59 bits per heavy atom. The number of hydrogen-bond donors (Lipinski definition) is 3. The zero-order valence-corrected chi connectivity index (χ0v) is 12.2. The molecule has 0 radical (unpaired) electrons. The van der Waals surface area contributed by atoms with Crippen LogP contribution in [-0.2, 0) is 5.54 Å². The van der Waals surface area contributed by atoms with Crippen molar-refractivity contribution in [1.29, 1.82) is 0 Å². The third kappa shape index (κ3) is 2.22. The van der Waals surface area contributed by atoms with E-state index in [0.29, 0.717) is 11.4 Å². The highest BCUT2D eigenvalue weighted by molar-refractivity contribution is 5.72. The lowest BCUT2D eigenvalue weighted by Gasteiger charge is -2.33. The summed E-state index contributed by atoms with van der Waals surface area (Å²) < 4.78 is 0. The standard InChI is InChI=1S/C19H19N3/c20-17-13-7-12-16(18(17)21)19(22,14-8-3-1-4-9-14)15-10-5-2-6-11-15/h1-13H,20-22H2. The van der Waals surface area contributed by atoms with Gasteiger partial charge in [-0.3, -0.25) is 0 Å². The molecule has 22 heavy (non-hydrogen) atoms. The molecule has 0 unspecified atom stereocenters. The van der Waals surface area contributed by atoms with Crippen LogP contribution in [0.15, 0.2) is 78.9 Å². The van der Waals surface area contributed by atoms with Crippen LogP contribution in [0.4, 0.5) is 11.4 Å². The van der Waals surface area contributed by atoms with Crippen LogP contribution in [0.2, 0.25) is 0 Å². The van der Waals surface area contributed by atoms with E-state index >= 15 is 0 Å². The number of benzene rings is 3. The number of anilines is 2. The molecule has 0 saturated heterocycles. The highest BCUT2D eigenvalue weighted by Gasteiger charge is 2.33. The highest BCUT2D eigenvalue weighted by atomic mass is 14.8. The quantitative estimate of drug-likeness (QED) is 0.512. The number of para-hydroxylation sites is 1. The summed E-state index contributed by atoms with van der Waals surface area (Å²) in [6, 6.07) is 25.5. The lowest BCUT2D eigenvalue weighted by atomic mass is 9.77. The minimum absolute atomic E-state index is 0.526. The molecular formula is C19H19N3. The monoisotopic (exact) mass is 289 g/mol. The Balaban J connectivity index is 2.31. The van der Waals surface area contributed by atoms with Gasteiger partial charge in [-0.05, 0) is 17.2 Å². The van der Waals surface area contributed by atoms with Crippen LogP contribution in [0.3, 0.4) is 0 Å².